The Kier molecular flexibility index (Phi) is 4.57. The third kappa shape index (κ3) is 3.34. The van der Waals surface area contributed by atoms with E-state index in [0.29, 0.717) is 30.5 Å². The molecular weight excluding hydrogens is 296 g/mol. The van der Waals surface area contributed by atoms with Crippen molar-refractivity contribution in [3.05, 3.63) is 35.7 Å². The smallest absolute Gasteiger partial charge is 0.273 e. The van der Waals surface area contributed by atoms with Gasteiger partial charge in [-0.05, 0) is 25.5 Å². The molecule has 1 amide bonds. The first-order valence-corrected chi connectivity index (χ1v) is 7.61. The summed E-state index contributed by atoms with van der Waals surface area (Å²) >= 11 is 0. The molecular formula is C16H20N4O3. The lowest BCUT2D eigenvalue weighted by atomic mass is 10.1. The summed E-state index contributed by atoms with van der Waals surface area (Å²) in [4.78, 5) is 12.3. The lowest BCUT2D eigenvalue weighted by molar-refractivity contribution is 0.0939. The summed E-state index contributed by atoms with van der Waals surface area (Å²) in [5.41, 5.74) is 1.84. The van der Waals surface area contributed by atoms with Crippen molar-refractivity contribution in [1.29, 1.82) is 0 Å². The number of hydrogen-bond acceptors (Lipinski definition) is 5. The zero-order valence-electron chi connectivity index (χ0n) is 13.3. The van der Waals surface area contributed by atoms with Gasteiger partial charge < -0.3 is 14.8 Å². The van der Waals surface area contributed by atoms with Crippen LogP contribution in [0.1, 0.15) is 22.6 Å². The third-order valence-electron chi connectivity index (χ3n) is 3.98. The van der Waals surface area contributed by atoms with E-state index < -0.39 is 0 Å². The first kappa shape index (κ1) is 15.5. The molecule has 1 atom stereocenters. The van der Waals surface area contributed by atoms with Crippen molar-refractivity contribution in [3.8, 4) is 11.4 Å². The predicted molar refractivity (Wildman–Crippen MR) is 83.9 cm³/mol. The van der Waals surface area contributed by atoms with Gasteiger partial charge in [-0.15, -0.1) is 5.10 Å². The molecule has 1 aromatic carbocycles. The number of nitrogens with one attached hydrogen (secondary N) is 1. The van der Waals surface area contributed by atoms with Gasteiger partial charge in [-0.25, -0.2) is 4.68 Å². The van der Waals surface area contributed by atoms with E-state index in [-0.39, 0.29) is 5.91 Å². The minimum Gasteiger partial charge on any atom is -0.497 e. The monoisotopic (exact) mass is 316 g/mol. The molecule has 0 radical (unpaired) electrons. The largest absolute Gasteiger partial charge is 0.497 e. The van der Waals surface area contributed by atoms with Gasteiger partial charge in [-0.2, -0.15) is 0 Å². The highest BCUT2D eigenvalue weighted by Gasteiger charge is 2.20. The summed E-state index contributed by atoms with van der Waals surface area (Å²) in [5, 5.41) is 11.0. The van der Waals surface area contributed by atoms with Gasteiger partial charge in [0, 0.05) is 25.1 Å². The van der Waals surface area contributed by atoms with Gasteiger partial charge in [0.1, 0.15) is 5.75 Å². The lowest BCUT2D eigenvalue weighted by Gasteiger charge is -2.09. The van der Waals surface area contributed by atoms with E-state index in [4.69, 9.17) is 9.47 Å². The van der Waals surface area contributed by atoms with E-state index in [1.165, 1.54) is 0 Å². The fourth-order valence-electron chi connectivity index (χ4n) is 2.59. The number of methoxy groups -OCH3 is 1. The van der Waals surface area contributed by atoms with Crippen molar-refractivity contribution in [2.75, 3.05) is 26.9 Å². The second-order valence-electron chi connectivity index (χ2n) is 5.58. The molecule has 0 bridgehead atoms. The number of amides is 1. The van der Waals surface area contributed by atoms with E-state index in [0.717, 1.165) is 24.5 Å². The van der Waals surface area contributed by atoms with Crippen LogP contribution in [0.4, 0.5) is 0 Å². The molecule has 1 aliphatic heterocycles. The van der Waals surface area contributed by atoms with E-state index in [2.05, 4.69) is 15.6 Å². The van der Waals surface area contributed by atoms with Gasteiger partial charge in [0.15, 0.2) is 5.69 Å². The first-order chi connectivity index (χ1) is 11.2. The molecule has 1 aliphatic rings. The Bertz CT molecular complexity index is 692. The highest BCUT2D eigenvalue weighted by Crippen LogP contribution is 2.18. The molecule has 1 fully saturated rings. The number of rotatable bonds is 5. The summed E-state index contributed by atoms with van der Waals surface area (Å²) in [6, 6.07) is 7.46. The average Bonchev–Trinajstić information content (AvgIpc) is 3.22. The van der Waals surface area contributed by atoms with Crippen molar-refractivity contribution in [2.24, 2.45) is 5.92 Å². The predicted octanol–water partition coefficient (Wildman–Crippen LogP) is 1.35. The van der Waals surface area contributed by atoms with Crippen LogP contribution in [0.25, 0.3) is 5.69 Å². The fourth-order valence-corrected chi connectivity index (χ4v) is 2.59. The van der Waals surface area contributed by atoms with Crippen LogP contribution in [-0.4, -0.2) is 47.8 Å². The molecule has 1 saturated heterocycles. The van der Waals surface area contributed by atoms with Crippen LogP contribution in [0.3, 0.4) is 0 Å². The molecule has 0 saturated carbocycles. The molecule has 0 spiro atoms. The Balaban J connectivity index is 1.74. The number of benzene rings is 1. The Morgan fingerprint density at radius 3 is 3.13 bits per heavy atom. The van der Waals surface area contributed by atoms with Gasteiger partial charge in [0.2, 0.25) is 0 Å². The summed E-state index contributed by atoms with van der Waals surface area (Å²) in [7, 11) is 1.61. The SMILES string of the molecule is COc1cccc(-n2nnc(C(=O)NC[C@H]3CCOC3)c2C)c1. The minimum absolute atomic E-state index is 0.205. The topological polar surface area (TPSA) is 78.3 Å². The van der Waals surface area contributed by atoms with E-state index in [9.17, 15) is 4.79 Å². The standard InChI is InChI=1S/C16H20N4O3/c1-11-15(16(21)17-9-12-6-7-23-10-12)18-19-20(11)13-4-3-5-14(8-13)22-2/h3-5,8,12H,6-7,9-10H2,1-2H3,(H,17,21)/t12-/m1/s1. The number of aromatic nitrogens is 3. The molecule has 7 heteroatoms. The van der Waals surface area contributed by atoms with Crippen LogP contribution < -0.4 is 10.1 Å². The molecule has 0 unspecified atom stereocenters. The summed E-state index contributed by atoms with van der Waals surface area (Å²) in [6.45, 7) is 3.90. The lowest BCUT2D eigenvalue weighted by Crippen LogP contribution is -2.30. The van der Waals surface area contributed by atoms with Crippen molar-refractivity contribution >= 4 is 5.91 Å². The van der Waals surface area contributed by atoms with Crippen LogP contribution in [0.5, 0.6) is 5.75 Å². The summed E-state index contributed by atoms with van der Waals surface area (Å²) in [6.07, 6.45) is 0.982. The number of carbonyl (C=O) groups excluding carboxylic acids is 1. The minimum atomic E-state index is -0.205. The number of hydrogen-bond donors (Lipinski definition) is 1. The van der Waals surface area contributed by atoms with Crippen LogP contribution in [0.15, 0.2) is 24.3 Å². The van der Waals surface area contributed by atoms with Crippen molar-refractivity contribution in [3.63, 3.8) is 0 Å². The molecule has 2 aromatic rings. The van der Waals surface area contributed by atoms with Gasteiger partial charge in [0.25, 0.3) is 5.91 Å². The fraction of sp³-hybridized carbons (Fsp3) is 0.438. The maximum Gasteiger partial charge on any atom is 0.273 e. The van der Waals surface area contributed by atoms with Crippen LogP contribution in [-0.2, 0) is 4.74 Å². The van der Waals surface area contributed by atoms with E-state index in [1.807, 2.05) is 31.2 Å². The first-order valence-electron chi connectivity index (χ1n) is 7.61. The van der Waals surface area contributed by atoms with Crippen LogP contribution in [0.2, 0.25) is 0 Å². The molecule has 23 heavy (non-hydrogen) atoms. The Labute approximate surface area is 134 Å². The highest BCUT2D eigenvalue weighted by atomic mass is 16.5. The number of carbonyl (C=O) groups is 1. The van der Waals surface area contributed by atoms with Crippen molar-refractivity contribution in [1.82, 2.24) is 20.3 Å². The molecule has 1 aromatic heterocycles. The van der Waals surface area contributed by atoms with Gasteiger partial charge >= 0.3 is 0 Å². The second kappa shape index (κ2) is 6.78. The quantitative estimate of drug-likeness (QED) is 0.901. The maximum atomic E-state index is 12.3. The van der Waals surface area contributed by atoms with Gasteiger partial charge in [0.05, 0.1) is 25.1 Å². The normalized spacial score (nSPS) is 17.2. The Morgan fingerprint density at radius 2 is 2.39 bits per heavy atom. The van der Waals surface area contributed by atoms with Crippen LogP contribution in [0, 0.1) is 12.8 Å². The average molecular weight is 316 g/mol. The molecule has 7 nitrogen and oxygen atoms in total. The zero-order valence-corrected chi connectivity index (χ0v) is 13.3. The van der Waals surface area contributed by atoms with Crippen LogP contribution >= 0.6 is 0 Å². The molecule has 0 aliphatic carbocycles. The Hall–Kier alpha value is -2.41. The molecule has 122 valence electrons. The van der Waals surface area contributed by atoms with E-state index >= 15 is 0 Å². The van der Waals surface area contributed by atoms with Crippen molar-refractivity contribution in [2.45, 2.75) is 13.3 Å². The number of nitrogens with zero attached hydrogens (tertiary/aromatic N) is 3. The summed E-state index contributed by atoms with van der Waals surface area (Å²) in [5.74, 6) is 0.904. The zero-order chi connectivity index (χ0) is 16.2. The molecule has 1 N–H and O–H groups in total. The van der Waals surface area contributed by atoms with Gasteiger partial charge in [-0.3, -0.25) is 4.79 Å². The second-order valence-corrected chi connectivity index (χ2v) is 5.58. The van der Waals surface area contributed by atoms with Gasteiger partial charge in [-0.1, -0.05) is 11.3 Å². The number of ether oxygens (including phenoxy) is 2. The summed E-state index contributed by atoms with van der Waals surface area (Å²) < 4.78 is 12.2. The maximum absolute atomic E-state index is 12.3. The molecule has 2 heterocycles. The van der Waals surface area contributed by atoms with E-state index in [1.54, 1.807) is 11.8 Å². The third-order valence-corrected chi connectivity index (χ3v) is 3.98. The molecule has 3 rings (SSSR count). The van der Waals surface area contributed by atoms with Crippen molar-refractivity contribution < 1.29 is 14.3 Å². The Morgan fingerprint density at radius 1 is 1.52 bits per heavy atom. The highest BCUT2D eigenvalue weighted by molar-refractivity contribution is 5.93.